The lowest BCUT2D eigenvalue weighted by atomic mass is 10.00. The Morgan fingerprint density at radius 2 is 1.57 bits per heavy atom. The molecule has 0 aromatic heterocycles. The summed E-state index contributed by atoms with van der Waals surface area (Å²) in [6.45, 7) is 4.86. The third-order valence-electron chi connectivity index (χ3n) is 5.85. The first-order valence-electron chi connectivity index (χ1n) is 12.9. The van der Waals surface area contributed by atoms with E-state index in [1.54, 1.807) is 32.9 Å². The van der Waals surface area contributed by atoms with Gasteiger partial charge in [0.2, 0.25) is 11.8 Å². The molecule has 0 radical (unpaired) electrons. The van der Waals surface area contributed by atoms with E-state index in [9.17, 15) is 24.8 Å². The normalized spacial score (nSPS) is 12.3. The van der Waals surface area contributed by atoms with Crippen LogP contribution in [0.15, 0.2) is 84.9 Å². The zero-order valence-corrected chi connectivity index (χ0v) is 22.8. The van der Waals surface area contributed by atoms with Gasteiger partial charge in [-0.25, -0.2) is 4.79 Å². The molecule has 0 saturated heterocycles. The van der Waals surface area contributed by atoms with Gasteiger partial charge in [0.25, 0.3) is 0 Å². The third kappa shape index (κ3) is 8.88. The minimum Gasteiger partial charge on any atom is -0.508 e. The zero-order chi connectivity index (χ0) is 29.1. The number of carbonyl (C=O) groups is 3. The highest BCUT2D eigenvalue weighted by molar-refractivity contribution is 5.92. The number of aromatic hydroxyl groups is 1. The van der Waals surface area contributed by atoms with Crippen LogP contribution in [-0.4, -0.2) is 46.1 Å². The second-order valence-corrected chi connectivity index (χ2v) is 10.2. The predicted octanol–water partition coefficient (Wildman–Crippen LogP) is 4.24. The number of nitrogens with zero attached hydrogens (tertiary/aromatic N) is 2. The van der Waals surface area contributed by atoms with Gasteiger partial charge in [0.15, 0.2) is 0 Å². The molecule has 0 fully saturated rings. The number of rotatable bonds is 10. The Hall–Kier alpha value is -4.84. The van der Waals surface area contributed by atoms with Gasteiger partial charge in [-0.3, -0.25) is 9.59 Å². The topological polar surface area (TPSA) is 132 Å². The van der Waals surface area contributed by atoms with Crippen LogP contribution in [0.5, 0.6) is 5.75 Å². The molecule has 3 amide bonds. The molecule has 40 heavy (non-hydrogen) atoms. The number of hydrogen-bond acceptors (Lipinski definition) is 6. The molecule has 3 aromatic rings. The summed E-state index contributed by atoms with van der Waals surface area (Å²) in [5, 5.41) is 25.3. The van der Waals surface area contributed by atoms with Crippen LogP contribution >= 0.6 is 0 Å². The first-order chi connectivity index (χ1) is 19.1. The Kier molecular flexibility index (Phi) is 10.3. The lowest BCUT2D eigenvalue weighted by molar-refractivity contribution is -0.141. The van der Waals surface area contributed by atoms with E-state index in [1.807, 2.05) is 66.7 Å². The number of alkyl carbamates (subject to hydrolysis) is 1. The maximum absolute atomic E-state index is 14.1. The van der Waals surface area contributed by atoms with E-state index in [2.05, 4.69) is 10.6 Å². The molecule has 0 aliphatic carbocycles. The van der Waals surface area contributed by atoms with Crippen LogP contribution in [0.1, 0.15) is 43.5 Å². The molecule has 0 bridgehead atoms. The average molecular weight is 543 g/mol. The lowest BCUT2D eigenvalue weighted by Gasteiger charge is -2.33. The summed E-state index contributed by atoms with van der Waals surface area (Å²) in [6, 6.07) is 23.8. The molecule has 0 heterocycles. The molecule has 9 heteroatoms. The number of ether oxygens (including phenoxy) is 1. The van der Waals surface area contributed by atoms with E-state index >= 15 is 0 Å². The molecule has 0 saturated carbocycles. The van der Waals surface area contributed by atoms with Gasteiger partial charge in [-0.15, -0.1) is 0 Å². The number of phenolic OH excluding ortho intramolecular Hbond substituents is 1. The smallest absolute Gasteiger partial charge is 0.408 e. The fraction of sp³-hybridized carbons (Fsp3) is 0.290. The Morgan fingerprint density at radius 3 is 2.15 bits per heavy atom. The maximum Gasteiger partial charge on any atom is 0.408 e. The number of hydrogen-bond donors (Lipinski definition) is 3. The maximum atomic E-state index is 14.1. The summed E-state index contributed by atoms with van der Waals surface area (Å²) in [5.41, 5.74) is 1.11. The number of phenols is 1. The molecule has 2 unspecified atom stereocenters. The number of carbonyl (C=O) groups excluding carboxylic acids is 3. The van der Waals surface area contributed by atoms with Crippen LogP contribution in [0, 0.1) is 11.3 Å². The van der Waals surface area contributed by atoms with Gasteiger partial charge in [0, 0.05) is 13.0 Å². The second kappa shape index (κ2) is 13.8. The van der Waals surface area contributed by atoms with Crippen molar-refractivity contribution in [3.63, 3.8) is 0 Å². The van der Waals surface area contributed by atoms with Gasteiger partial charge in [0.1, 0.15) is 30.0 Å². The summed E-state index contributed by atoms with van der Waals surface area (Å²) in [6.07, 6.45) is -0.708. The standard InChI is InChI=1S/C31H34N4O5/c1-31(2,3)40-30(39)34-26(19-22-11-6-4-7-12-22)29(38)35(18-17-32)27(24-15-10-16-25(36)20-24)28(37)33-21-23-13-8-5-9-14-23/h4-16,20,26-27,36H,18-19,21H2,1-3H3,(H,33,37)(H,34,39). The van der Waals surface area contributed by atoms with Crippen molar-refractivity contribution in [3.8, 4) is 11.8 Å². The van der Waals surface area contributed by atoms with Crippen LogP contribution in [-0.2, 0) is 27.3 Å². The van der Waals surface area contributed by atoms with Gasteiger partial charge >= 0.3 is 6.09 Å². The molecule has 3 N–H and O–H groups in total. The molecule has 3 rings (SSSR count). The monoisotopic (exact) mass is 542 g/mol. The number of amides is 3. The van der Waals surface area contributed by atoms with Crippen LogP contribution in [0.3, 0.4) is 0 Å². The van der Waals surface area contributed by atoms with Gasteiger partial charge < -0.3 is 25.4 Å². The molecule has 2 atom stereocenters. The summed E-state index contributed by atoms with van der Waals surface area (Å²) < 4.78 is 5.39. The highest BCUT2D eigenvalue weighted by Crippen LogP contribution is 2.26. The van der Waals surface area contributed by atoms with E-state index in [4.69, 9.17) is 4.74 Å². The van der Waals surface area contributed by atoms with Crippen molar-refractivity contribution in [2.75, 3.05) is 6.54 Å². The average Bonchev–Trinajstić information content (AvgIpc) is 2.91. The molecular formula is C31H34N4O5. The Bertz CT molecular complexity index is 1330. The van der Waals surface area contributed by atoms with Crippen LogP contribution in [0.4, 0.5) is 4.79 Å². The second-order valence-electron chi connectivity index (χ2n) is 10.2. The summed E-state index contributed by atoms with van der Waals surface area (Å²) >= 11 is 0. The fourth-order valence-electron chi connectivity index (χ4n) is 4.12. The highest BCUT2D eigenvalue weighted by atomic mass is 16.6. The third-order valence-corrected chi connectivity index (χ3v) is 5.85. The largest absolute Gasteiger partial charge is 0.508 e. The summed E-state index contributed by atoms with van der Waals surface area (Å²) in [4.78, 5) is 41.6. The minimum absolute atomic E-state index is 0.0965. The molecule has 0 spiro atoms. The molecule has 3 aromatic carbocycles. The van der Waals surface area contributed by atoms with Crippen LogP contribution in [0.2, 0.25) is 0 Å². The Morgan fingerprint density at radius 1 is 0.950 bits per heavy atom. The lowest BCUT2D eigenvalue weighted by Crippen LogP contribution is -2.53. The number of benzene rings is 3. The first kappa shape index (κ1) is 29.7. The SMILES string of the molecule is CC(C)(C)OC(=O)NC(Cc1ccccc1)C(=O)N(CC#N)C(C(=O)NCc1ccccc1)c1cccc(O)c1. The fourth-order valence-corrected chi connectivity index (χ4v) is 4.12. The van der Waals surface area contributed by atoms with Crippen molar-refractivity contribution in [3.05, 3.63) is 102 Å². The molecule has 0 aliphatic heterocycles. The van der Waals surface area contributed by atoms with Crippen molar-refractivity contribution in [1.82, 2.24) is 15.5 Å². The number of nitriles is 1. The van der Waals surface area contributed by atoms with Crippen molar-refractivity contribution in [1.29, 1.82) is 5.26 Å². The van der Waals surface area contributed by atoms with E-state index in [0.717, 1.165) is 16.0 Å². The van der Waals surface area contributed by atoms with Crippen molar-refractivity contribution in [2.24, 2.45) is 0 Å². The van der Waals surface area contributed by atoms with Gasteiger partial charge in [-0.2, -0.15) is 5.26 Å². The molecule has 0 aliphatic rings. The van der Waals surface area contributed by atoms with Crippen molar-refractivity contribution in [2.45, 2.75) is 51.4 Å². The van der Waals surface area contributed by atoms with Crippen molar-refractivity contribution >= 4 is 17.9 Å². The predicted molar refractivity (Wildman–Crippen MR) is 150 cm³/mol. The minimum atomic E-state index is -1.26. The van der Waals surface area contributed by atoms with Crippen molar-refractivity contribution < 1.29 is 24.2 Å². The van der Waals surface area contributed by atoms with Crippen LogP contribution in [0.25, 0.3) is 0 Å². The molecule has 208 valence electrons. The zero-order valence-electron chi connectivity index (χ0n) is 22.8. The van der Waals surface area contributed by atoms with E-state index in [-0.39, 0.29) is 18.7 Å². The van der Waals surface area contributed by atoms with E-state index in [1.165, 1.54) is 12.1 Å². The van der Waals surface area contributed by atoms with E-state index in [0.29, 0.717) is 5.56 Å². The van der Waals surface area contributed by atoms with Gasteiger partial charge in [-0.1, -0.05) is 72.8 Å². The Balaban J connectivity index is 1.98. The van der Waals surface area contributed by atoms with Gasteiger partial charge in [-0.05, 0) is 49.6 Å². The summed E-state index contributed by atoms with van der Waals surface area (Å²) in [5.74, 6) is -1.30. The Labute approximate surface area is 234 Å². The quantitative estimate of drug-likeness (QED) is 0.329. The van der Waals surface area contributed by atoms with Gasteiger partial charge in [0.05, 0.1) is 6.07 Å². The van der Waals surface area contributed by atoms with Crippen LogP contribution < -0.4 is 10.6 Å². The first-order valence-corrected chi connectivity index (χ1v) is 12.9. The highest BCUT2D eigenvalue weighted by Gasteiger charge is 2.36. The molecular weight excluding hydrogens is 508 g/mol. The summed E-state index contributed by atoms with van der Waals surface area (Å²) in [7, 11) is 0. The number of nitrogens with one attached hydrogen (secondary N) is 2. The van der Waals surface area contributed by atoms with E-state index < -0.39 is 42.1 Å². The molecule has 9 nitrogen and oxygen atoms in total.